The average molecular weight is 404 g/mol. The predicted octanol–water partition coefficient (Wildman–Crippen LogP) is 4.09. The van der Waals surface area contributed by atoms with E-state index in [4.69, 9.17) is 4.74 Å². The molecule has 0 unspecified atom stereocenters. The van der Waals surface area contributed by atoms with E-state index >= 15 is 0 Å². The minimum absolute atomic E-state index is 0.0495. The van der Waals surface area contributed by atoms with Gasteiger partial charge in [-0.15, -0.1) is 0 Å². The van der Waals surface area contributed by atoms with Crippen molar-refractivity contribution in [1.29, 1.82) is 0 Å². The summed E-state index contributed by atoms with van der Waals surface area (Å²) in [4.78, 5) is 31.6. The fourth-order valence-corrected chi connectivity index (χ4v) is 3.34. The van der Waals surface area contributed by atoms with Crippen molar-refractivity contribution in [2.24, 2.45) is 5.92 Å². The Hall–Kier alpha value is -3.55. The van der Waals surface area contributed by atoms with Gasteiger partial charge in [0, 0.05) is 24.2 Å². The number of benzene rings is 1. The molecule has 0 radical (unpaired) electrons. The van der Waals surface area contributed by atoms with Crippen LogP contribution in [0.25, 0.3) is 11.1 Å². The molecule has 4 rings (SSSR count). The maximum atomic E-state index is 12.2. The highest BCUT2D eigenvalue weighted by Crippen LogP contribution is 2.26. The van der Waals surface area contributed by atoms with Gasteiger partial charge in [0.25, 0.3) is 0 Å². The summed E-state index contributed by atoms with van der Waals surface area (Å²) in [5.41, 5.74) is 2.02. The van der Waals surface area contributed by atoms with Gasteiger partial charge in [0.15, 0.2) is 0 Å². The molecule has 1 amide bonds. The van der Waals surface area contributed by atoms with Gasteiger partial charge in [-0.3, -0.25) is 4.90 Å². The van der Waals surface area contributed by atoms with Crippen molar-refractivity contribution in [1.82, 2.24) is 19.9 Å². The summed E-state index contributed by atoms with van der Waals surface area (Å²) in [5, 5.41) is 3.21. The van der Waals surface area contributed by atoms with E-state index < -0.39 is 0 Å². The zero-order valence-corrected chi connectivity index (χ0v) is 17.2. The number of hydrogen-bond acceptors (Lipinski definition) is 7. The molecule has 0 spiro atoms. The van der Waals surface area contributed by atoms with E-state index in [9.17, 15) is 4.79 Å². The number of rotatable bonds is 6. The van der Waals surface area contributed by atoms with Crippen molar-refractivity contribution >= 4 is 17.9 Å². The first kappa shape index (κ1) is 19.8. The maximum absolute atomic E-state index is 12.2. The number of anilines is 2. The number of nitrogens with zero attached hydrogens (tertiary/aromatic N) is 5. The monoisotopic (exact) mass is 404 g/mol. The van der Waals surface area contributed by atoms with Crippen LogP contribution in [-0.4, -0.2) is 38.7 Å². The molecular formula is C22H24N6O2. The summed E-state index contributed by atoms with van der Waals surface area (Å²) in [6, 6.07) is 11.4. The molecule has 3 aromatic rings. The van der Waals surface area contributed by atoms with E-state index in [-0.39, 0.29) is 24.1 Å². The van der Waals surface area contributed by atoms with E-state index in [1.54, 1.807) is 29.6 Å². The Morgan fingerprint density at radius 2 is 1.77 bits per heavy atom. The molecule has 0 aliphatic carbocycles. The Bertz CT molecular complexity index is 1010. The van der Waals surface area contributed by atoms with Gasteiger partial charge in [-0.05, 0) is 24.5 Å². The van der Waals surface area contributed by atoms with Crippen LogP contribution in [0.3, 0.4) is 0 Å². The van der Waals surface area contributed by atoms with Crippen molar-refractivity contribution < 1.29 is 9.53 Å². The molecule has 1 fully saturated rings. The second-order valence-corrected chi connectivity index (χ2v) is 7.56. The van der Waals surface area contributed by atoms with Crippen LogP contribution >= 0.6 is 0 Å². The molecule has 3 heterocycles. The van der Waals surface area contributed by atoms with Crippen molar-refractivity contribution in [2.45, 2.75) is 32.9 Å². The van der Waals surface area contributed by atoms with Crippen LogP contribution in [0.15, 0.2) is 55.0 Å². The third-order valence-electron chi connectivity index (χ3n) is 5.07. The van der Waals surface area contributed by atoms with Gasteiger partial charge in [0.2, 0.25) is 5.95 Å². The molecule has 1 saturated heterocycles. The van der Waals surface area contributed by atoms with Gasteiger partial charge in [0.1, 0.15) is 18.2 Å². The Kier molecular flexibility index (Phi) is 5.56. The van der Waals surface area contributed by atoms with Crippen LogP contribution in [0, 0.1) is 5.92 Å². The first-order chi connectivity index (χ1) is 14.5. The molecular weight excluding hydrogens is 380 g/mol. The second kappa shape index (κ2) is 8.44. The zero-order chi connectivity index (χ0) is 21.1. The predicted molar refractivity (Wildman–Crippen MR) is 114 cm³/mol. The fraction of sp³-hybridized carbons (Fsp3) is 0.318. The minimum atomic E-state index is -0.383. The van der Waals surface area contributed by atoms with Crippen LogP contribution in [0.1, 0.15) is 32.6 Å². The molecule has 1 aliphatic rings. The lowest BCUT2D eigenvalue weighted by Gasteiger charge is -2.23. The largest absolute Gasteiger partial charge is 0.447 e. The highest BCUT2D eigenvalue weighted by Gasteiger charge is 2.37. The van der Waals surface area contributed by atoms with E-state index in [0.717, 1.165) is 11.1 Å². The van der Waals surface area contributed by atoms with Crippen LogP contribution < -0.4 is 10.2 Å². The second-order valence-electron chi connectivity index (χ2n) is 7.56. The van der Waals surface area contributed by atoms with Crippen molar-refractivity contribution in [3.05, 3.63) is 60.8 Å². The Morgan fingerprint density at radius 3 is 2.47 bits per heavy atom. The lowest BCUT2D eigenvalue weighted by Crippen LogP contribution is -2.37. The van der Waals surface area contributed by atoms with Gasteiger partial charge in [-0.2, -0.15) is 4.98 Å². The molecule has 154 valence electrons. The molecule has 0 bridgehead atoms. The normalized spacial score (nSPS) is 17.1. The number of hydrogen-bond donors (Lipinski definition) is 1. The van der Waals surface area contributed by atoms with Crippen molar-refractivity contribution in [2.75, 3.05) is 16.8 Å². The van der Waals surface area contributed by atoms with Gasteiger partial charge in [-0.25, -0.2) is 19.7 Å². The third kappa shape index (κ3) is 4.07. The molecule has 8 heteroatoms. The number of cyclic esters (lactones) is 1. The Morgan fingerprint density at radius 1 is 1.03 bits per heavy atom. The van der Waals surface area contributed by atoms with Crippen molar-refractivity contribution in [3.8, 4) is 11.1 Å². The first-order valence-electron chi connectivity index (χ1n) is 9.96. The number of aromatic nitrogens is 4. The molecule has 30 heavy (non-hydrogen) atoms. The molecule has 2 atom stereocenters. The smallest absolute Gasteiger partial charge is 0.415 e. The van der Waals surface area contributed by atoms with Gasteiger partial charge < -0.3 is 10.1 Å². The standard InChI is InChI=1S/C22H24N6O2/c1-14(2)18-13-30-22(29)28(18)19-9-10-23-21(27-19)26-15(3)20-24-11-17(12-25-20)16-7-5-4-6-8-16/h4-12,14-15,18H,13H2,1-3H3,(H,23,26,27)/t15-,18+/m0/s1. The average Bonchev–Trinajstić information content (AvgIpc) is 3.16. The van der Waals surface area contributed by atoms with E-state index in [1.807, 2.05) is 37.3 Å². The fourth-order valence-electron chi connectivity index (χ4n) is 3.34. The summed E-state index contributed by atoms with van der Waals surface area (Å²) in [6.07, 6.45) is 4.85. The molecule has 0 saturated carbocycles. The van der Waals surface area contributed by atoms with E-state index in [1.165, 1.54) is 0 Å². The summed E-state index contributed by atoms with van der Waals surface area (Å²) < 4.78 is 5.22. The number of carbonyl (C=O) groups is 1. The number of carbonyl (C=O) groups excluding carboxylic acids is 1. The minimum Gasteiger partial charge on any atom is -0.447 e. The van der Waals surface area contributed by atoms with E-state index in [0.29, 0.717) is 24.2 Å². The Balaban J connectivity index is 1.49. The third-order valence-corrected chi connectivity index (χ3v) is 5.07. The van der Waals surface area contributed by atoms with Crippen LogP contribution in [0.2, 0.25) is 0 Å². The number of amides is 1. The summed E-state index contributed by atoms with van der Waals surface area (Å²) in [5.74, 6) is 1.79. The lowest BCUT2D eigenvalue weighted by atomic mass is 10.0. The highest BCUT2D eigenvalue weighted by molar-refractivity contribution is 5.89. The molecule has 1 aliphatic heterocycles. The quantitative estimate of drug-likeness (QED) is 0.661. The molecule has 1 aromatic carbocycles. The van der Waals surface area contributed by atoms with Gasteiger partial charge in [-0.1, -0.05) is 44.2 Å². The lowest BCUT2D eigenvalue weighted by molar-refractivity contribution is 0.177. The number of ether oxygens (including phenoxy) is 1. The highest BCUT2D eigenvalue weighted by atomic mass is 16.6. The maximum Gasteiger partial charge on any atom is 0.415 e. The Labute approximate surface area is 175 Å². The van der Waals surface area contributed by atoms with Crippen LogP contribution in [0.5, 0.6) is 0 Å². The first-order valence-corrected chi connectivity index (χ1v) is 9.96. The van der Waals surface area contributed by atoms with Crippen molar-refractivity contribution in [3.63, 3.8) is 0 Å². The van der Waals surface area contributed by atoms with Crippen LogP contribution in [0.4, 0.5) is 16.6 Å². The van der Waals surface area contributed by atoms with Gasteiger partial charge >= 0.3 is 6.09 Å². The summed E-state index contributed by atoms with van der Waals surface area (Å²) in [6.45, 7) is 6.41. The molecule has 2 aromatic heterocycles. The van der Waals surface area contributed by atoms with Crippen LogP contribution in [-0.2, 0) is 4.74 Å². The van der Waals surface area contributed by atoms with E-state index in [2.05, 4.69) is 39.1 Å². The number of nitrogens with one attached hydrogen (secondary N) is 1. The molecule has 8 nitrogen and oxygen atoms in total. The summed E-state index contributed by atoms with van der Waals surface area (Å²) in [7, 11) is 0. The zero-order valence-electron chi connectivity index (χ0n) is 17.2. The molecule has 1 N–H and O–H groups in total. The van der Waals surface area contributed by atoms with Gasteiger partial charge in [0.05, 0.1) is 12.1 Å². The topological polar surface area (TPSA) is 93.1 Å². The summed E-state index contributed by atoms with van der Waals surface area (Å²) >= 11 is 0. The SMILES string of the molecule is CC(C)[C@H]1COC(=O)N1c1ccnc(N[C@@H](C)c2ncc(-c3ccccc3)cn2)n1.